The Morgan fingerprint density at radius 1 is 1.23 bits per heavy atom. The summed E-state index contributed by atoms with van der Waals surface area (Å²) in [6.45, 7) is 4.83. The quantitative estimate of drug-likeness (QED) is 0.570. The Labute approximate surface area is 129 Å². The van der Waals surface area contributed by atoms with E-state index in [1.165, 1.54) is 14.0 Å². The molecule has 22 heavy (non-hydrogen) atoms. The average molecular weight is 304 g/mol. The molecule has 0 unspecified atom stereocenters. The van der Waals surface area contributed by atoms with E-state index in [-0.39, 0.29) is 0 Å². The molecule has 2 atom stereocenters. The molecule has 1 aromatic rings. The van der Waals surface area contributed by atoms with E-state index in [2.05, 4.69) is 17.2 Å². The fourth-order valence-electron chi connectivity index (χ4n) is 1.82. The van der Waals surface area contributed by atoms with Crippen molar-refractivity contribution in [2.24, 2.45) is 0 Å². The van der Waals surface area contributed by atoms with Gasteiger partial charge >= 0.3 is 5.97 Å². The SMILES string of the molecule is C=CC(=O)N[C@H](C)C(=O)N[C@H](Cc1ccccc1)C(=O)OC. The number of benzene rings is 1. The molecule has 2 N–H and O–H groups in total. The van der Waals surface area contributed by atoms with Crippen LogP contribution >= 0.6 is 0 Å². The molecule has 0 fully saturated rings. The van der Waals surface area contributed by atoms with Crippen LogP contribution in [0.3, 0.4) is 0 Å². The van der Waals surface area contributed by atoms with Crippen LogP contribution in [-0.4, -0.2) is 37.0 Å². The van der Waals surface area contributed by atoms with Crippen molar-refractivity contribution >= 4 is 17.8 Å². The molecule has 0 aromatic heterocycles. The number of carbonyl (C=O) groups excluding carboxylic acids is 3. The van der Waals surface area contributed by atoms with E-state index in [0.29, 0.717) is 6.42 Å². The van der Waals surface area contributed by atoms with Gasteiger partial charge in [0, 0.05) is 6.42 Å². The first-order valence-corrected chi connectivity index (χ1v) is 6.83. The van der Waals surface area contributed by atoms with E-state index >= 15 is 0 Å². The Hall–Kier alpha value is -2.63. The number of hydrogen-bond donors (Lipinski definition) is 2. The lowest BCUT2D eigenvalue weighted by atomic mass is 10.1. The second-order valence-electron chi connectivity index (χ2n) is 4.71. The summed E-state index contributed by atoms with van der Waals surface area (Å²) in [6.07, 6.45) is 1.38. The van der Waals surface area contributed by atoms with Gasteiger partial charge in [0.2, 0.25) is 11.8 Å². The molecule has 0 saturated carbocycles. The molecule has 118 valence electrons. The summed E-state index contributed by atoms with van der Waals surface area (Å²) in [5.41, 5.74) is 0.890. The number of rotatable bonds is 7. The Morgan fingerprint density at radius 2 is 1.86 bits per heavy atom. The highest BCUT2D eigenvalue weighted by molar-refractivity contribution is 5.93. The average Bonchev–Trinajstić information content (AvgIpc) is 2.54. The molecule has 0 saturated heterocycles. The summed E-state index contributed by atoms with van der Waals surface area (Å²) < 4.78 is 4.71. The van der Waals surface area contributed by atoms with Crippen LogP contribution in [0, 0.1) is 0 Å². The van der Waals surface area contributed by atoms with Crippen molar-refractivity contribution in [2.45, 2.75) is 25.4 Å². The Kier molecular flexibility index (Phi) is 6.82. The molecule has 0 aliphatic rings. The highest BCUT2D eigenvalue weighted by Crippen LogP contribution is 2.05. The van der Waals surface area contributed by atoms with E-state index < -0.39 is 29.9 Å². The lowest BCUT2D eigenvalue weighted by molar-refractivity contribution is -0.145. The van der Waals surface area contributed by atoms with E-state index in [4.69, 9.17) is 4.74 Å². The predicted octanol–water partition coefficient (Wildman–Crippen LogP) is 0.578. The van der Waals surface area contributed by atoms with Crippen LogP contribution in [-0.2, 0) is 25.5 Å². The van der Waals surface area contributed by atoms with Crippen LogP contribution in [0.2, 0.25) is 0 Å². The molecule has 6 heteroatoms. The largest absolute Gasteiger partial charge is 0.467 e. The Balaban J connectivity index is 2.72. The maximum Gasteiger partial charge on any atom is 0.328 e. The minimum absolute atomic E-state index is 0.307. The van der Waals surface area contributed by atoms with Crippen molar-refractivity contribution in [2.75, 3.05) is 7.11 Å². The summed E-state index contributed by atoms with van der Waals surface area (Å²) in [7, 11) is 1.26. The van der Waals surface area contributed by atoms with Gasteiger partial charge in [-0.1, -0.05) is 36.9 Å². The lowest BCUT2D eigenvalue weighted by Crippen LogP contribution is -2.51. The fraction of sp³-hybridized carbons (Fsp3) is 0.312. The van der Waals surface area contributed by atoms with E-state index in [1.807, 2.05) is 30.3 Å². The smallest absolute Gasteiger partial charge is 0.328 e. The molecule has 0 bridgehead atoms. The number of hydrogen-bond acceptors (Lipinski definition) is 4. The first-order valence-electron chi connectivity index (χ1n) is 6.83. The van der Waals surface area contributed by atoms with Gasteiger partial charge in [-0.15, -0.1) is 0 Å². The minimum Gasteiger partial charge on any atom is -0.467 e. The topological polar surface area (TPSA) is 84.5 Å². The van der Waals surface area contributed by atoms with Gasteiger partial charge in [-0.25, -0.2) is 4.79 Å². The van der Waals surface area contributed by atoms with Crippen molar-refractivity contribution in [1.29, 1.82) is 0 Å². The lowest BCUT2D eigenvalue weighted by Gasteiger charge is -2.19. The van der Waals surface area contributed by atoms with Gasteiger partial charge in [-0.05, 0) is 18.6 Å². The first-order chi connectivity index (χ1) is 10.5. The highest BCUT2D eigenvalue weighted by atomic mass is 16.5. The molecule has 0 aliphatic heterocycles. The maximum absolute atomic E-state index is 12.0. The van der Waals surface area contributed by atoms with Gasteiger partial charge in [0.25, 0.3) is 0 Å². The zero-order valence-electron chi connectivity index (χ0n) is 12.7. The monoisotopic (exact) mass is 304 g/mol. The number of amides is 2. The van der Waals surface area contributed by atoms with E-state index in [0.717, 1.165) is 11.6 Å². The predicted molar refractivity (Wildman–Crippen MR) is 81.9 cm³/mol. The second-order valence-corrected chi connectivity index (χ2v) is 4.71. The van der Waals surface area contributed by atoms with Gasteiger partial charge in [0.1, 0.15) is 12.1 Å². The number of esters is 1. The number of ether oxygens (including phenoxy) is 1. The van der Waals surface area contributed by atoms with Gasteiger partial charge in [-0.2, -0.15) is 0 Å². The Bertz CT molecular complexity index is 542. The number of carbonyl (C=O) groups is 3. The van der Waals surface area contributed by atoms with Crippen LogP contribution in [0.25, 0.3) is 0 Å². The summed E-state index contributed by atoms with van der Waals surface area (Å²) >= 11 is 0. The van der Waals surface area contributed by atoms with Gasteiger partial charge in [0.15, 0.2) is 0 Å². The van der Waals surface area contributed by atoms with Crippen molar-refractivity contribution in [1.82, 2.24) is 10.6 Å². The normalized spacial score (nSPS) is 12.6. The van der Waals surface area contributed by atoms with Gasteiger partial charge in [-0.3, -0.25) is 9.59 Å². The molecule has 6 nitrogen and oxygen atoms in total. The summed E-state index contributed by atoms with van der Waals surface area (Å²) in [4.78, 5) is 35.1. The maximum atomic E-state index is 12.0. The number of nitrogens with one attached hydrogen (secondary N) is 2. The molecule has 0 heterocycles. The van der Waals surface area contributed by atoms with E-state index in [1.54, 1.807) is 0 Å². The van der Waals surface area contributed by atoms with Crippen LogP contribution in [0.5, 0.6) is 0 Å². The van der Waals surface area contributed by atoms with Crippen molar-refractivity contribution in [3.63, 3.8) is 0 Å². The fourth-order valence-corrected chi connectivity index (χ4v) is 1.82. The molecule has 1 rings (SSSR count). The molecular weight excluding hydrogens is 284 g/mol. The zero-order valence-corrected chi connectivity index (χ0v) is 12.7. The third-order valence-electron chi connectivity index (χ3n) is 3.02. The van der Waals surface area contributed by atoms with Crippen LogP contribution in [0.15, 0.2) is 43.0 Å². The molecule has 0 spiro atoms. The summed E-state index contributed by atoms with van der Waals surface area (Å²) in [5.74, 6) is -1.47. The van der Waals surface area contributed by atoms with Crippen molar-refractivity contribution < 1.29 is 19.1 Å². The first kappa shape index (κ1) is 17.4. The molecule has 0 radical (unpaired) electrons. The van der Waals surface area contributed by atoms with Gasteiger partial charge < -0.3 is 15.4 Å². The third-order valence-corrected chi connectivity index (χ3v) is 3.02. The second kappa shape index (κ2) is 8.61. The van der Waals surface area contributed by atoms with E-state index in [9.17, 15) is 14.4 Å². The van der Waals surface area contributed by atoms with Crippen LogP contribution < -0.4 is 10.6 Å². The van der Waals surface area contributed by atoms with Gasteiger partial charge in [0.05, 0.1) is 7.11 Å². The van der Waals surface area contributed by atoms with Crippen LogP contribution in [0.4, 0.5) is 0 Å². The highest BCUT2D eigenvalue weighted by Gasteiger charge is 2.24. The zero-order chi connectivity index (χ0) is 16.5. The summed E-state index contributed by atoms with van der Waals surface area (Å²) in [6, 6.07) is 7.66. The molecular formula is C16H20N2O4. The van der Waals surface area contributed by atoms with Crippen molar-refractivity contribution in [3.05, 3.63) is 48.6 Å². The summed E-state index contributed by atoms with van der Waals surface area (Å²) in [5, 5.41) is 5.02. The molecule has 2 amide bonds. The molecule has 1 aromatic carbocycles. The third kappa shape index (κ3) is 5.40. The molecule has 0 aliphatic carbocycles. The standard InChI is InChI=1S/C16H20N2O4/c1-4-14(19)17-11(2)15(20)18-13(16(21)22-3)10-12-8-6-5-7-9-12/h4-9,11,13H,1,10H2,2-3H3,(H,17,19)(H,18,20)/t11-,13-/m1/s1. The van der Waals surface area contributed by atoms with Crippen LogP contribution in [0.1, 0.15) is 12.5 Å². The number of methoxy groups -OCH3 is 1. The van der Waals surface area contributed by atoms with Crippen molar-refractivity contribution in [3.8, 4) is 0 Å². The Morgan fingerprint density at radius 3 is 2.41 bits per heavy atom. The minimum atomic E-state index is -0.817.